The maximum absolute atomic E-state index is 6.02. The highest BCUT2D eigenvalue weighted by molar-refractivity contribution is 7.12. The molecular weight excluding hydrogens is 325 g/mol. The average molecular weight is 340 g/mol. The molecule has 1 unspecified atom stereocenters. The summed E-state index contributed by atoms with van der Waals surface area (Å²) in [5.41, 5.74) is 1.68. The second-order valence-corrected chi connectivity index (χ2v) is 7.09. The number of fused-ring (bicyclic) bond motifs is 1. The topological polar surface area (TPSA) is 30.7 Å². The Hall–Kier alpha value is -1.10. The van der Waals surface area contributed by atoms with Crippen LogP contribution in [0.5, 0.6) is 0 Å². The van der Waals surface area contributed by atoms with Crippen molar-refractivity contribution < 1.29 is 0 Å². The largest absolute Gasteiger partial charge is 0.304 e. The first kappa shape index (κ1) is 14.8. The highest BCUT2D eigenvalue weighted by Gasteiger charge is 2.19. The Balaban J connectivity index is 2.16. The number of nitrogens with zero attached hydrogens (tertiary/aromatic N) is 3. The van der Waals surface area contributed by atoms with Crippen molar-refractivity contribution in [1.29, 1.82) is 0 Å². The Morgan fingerprint density at radius 3 is 2.86 bits per heavy atom. The number of thiophene rings is 1. The molecule has 0 aliphatic carbocycles. The van der Waals surface area contributed by atoms with Gasteiger partial charge in [0.1, 0.15) is 11.3 Å². The van der Waals surface area contributed by atoms with E-state index in [4.69, 9.17) is 23.2 Å². The van der Waals surface area contributed by atoms with E-state index in [1.165, 1.54) is 9.75 Å². The summed E-state index contributed by atoms with van der Waals surface area (Å²) in [6, 6.07) is 6.34. The van der Waals surface area contributed by atoms with Gasteiger partial charge >= 0.3 is 0 Å². The summed E-state index contributed by atoms with van der Waals surface area (Å²) in [6.07, 6.45) is 2.38. The van der Waals surface area contributed by atoms with Gasteiger partial charge in [-0.05, 0) is 32.0 Å². The fourth-order valence-electron chi connectivity index (χ4n) is 2.48. The summed E-state index contributed by atoms with van der Waals surface area (Å²) < 4.78 is 2.17. The number of halogens is 2. The van der Waals surface area contributed by atoms with Crippen LogP contribution in [0.3, 0.4) is 0 Å². The molecular formula is C15H15Cl2N3S. The third kappa shape index (κ3) is 2.80. The normalized spacial score (nSPS) is 13.0. The Labute approximate surface area is 137 Å². The SMILES string of the molecule is Cc1ccc(C(C)n2c(CCCl)nc3cc(Cl)cnc32)s1. The lowest BCUT2D eigenvalue weighted by atomic mass is 10.2. The number of aryl methyl sites for hydroxylation is 2. The van der Waals surface area contributed by atoms with E-state index in [0.717, 1.165) is 17.0 Å². The van der Waals surface area contributed by atoms with Gasteiger partial charge in [-0.3, -0.25) is 0 Å². The van der Waals surface area contributed by atoms with Crippen LogP contribution >= 0.6 is 34.5 Å². The molecule has 1 atom stereocenters. The highest BCUT2D eigenvalue weighted by atomic mass is 35.5. The molecule has 3 aromatic heterocycles. The van der Waals surface area contributed by atoms with Gasteiger partial charge in [0.05, 0.1) is 11.1 Å². The number of aromatic nitrogens is 3. The van der Waals surface area contributed by atoms with Gasteiger partial charge in [-0.1, -0.05) is 11.6 Å². The number of alkyl halides is 1. The molecule has 0 aliphatic rings. The zero-order valence-electron chi connectivity index (χ0n) is 11.8. The van der Waals surface area contributed by atoms with Crippen molar-refractivity contribution in [3.63, 3.8) is 0 Å². The van der Waals surface area contributed by atoms with E-state index in [0.29, 0.717) is 17.3 Å². The van der Waals surface area contributed by atoms with Crippen LogP contribution < -0.4 is 0 Å². The number of rotatable bonds is 4. The van der Waals surface area contributed by atoms with Crippen LogP contribution in [0.15, 0.2) is 24.4 Å². The standard InChI is InChI=1S/C15H15Cl2N3S/c1-9-3-4-13(21-9)10(2)20-14(5-6-16)19-12-7-11(17)8-18-15(12)20/h3-4,7-8,10H,5-6H2,1-2H3. The molecule has 0 fully saturated rings. The van der Waals surface area contributed by atoms with Crippen molar-refractivity contribution in [1.82, 2.24) is 14.5 Å². The number of pyridine rings is 1. The minimum Gasteiger partial charge on any atom is -0.304 e. The molecule has 0 aromatic carbocycles. The molecule has 3 heterocycles. The van der Waals surface area contributed by atoms with E-state index in [-0.39, 0.29) is 6.04 Å². The number of hydrogen-bond acceptors (Lipinski definition) is 3. The summed E-state index contributed by atoms with van der Waals surface area (Å²) >= 11 is 13.7. The van der Waals surface area contributed by atoms with Gasteiger partial charge in [0.2, 0.25) is 0 Å². The Morgan fingerprint density at radius 1 is 1.38 bits per heavy atom. The Kier molecular flexibility index (Phi) is 4.20. The van der Waals surface area contributed by atoms with Crippen LogP contribution in [0, 0.1) is 6.92 Å². The van der Waals surface area contributed by atoms with Crippen LogP contribution in [0.1, 0.15) is 28.5 Å². The Bertz CT molecular complexity index is 778. The number of hydrogen-bond donors (Lipinski definition) is 0. The van der Waals surface area contributed by atoms with E-state index < -0.39 is 0 Å². The Morgan fingerprint density at radius 2 is 2.19 bits per heavy atom. The van der Waals surface area contributed by atoms with Crippen molar-refractivity contribution in [2.24, 2.45) is 0 Å². The maximum Gasteiger partial charge on any atom is 0.160 e. The van der Waals surface area contributed by atoms with Gasteiger partial charge in [0.25, 0.3) is 0 Å². The monoisotopic (exact) mass is 339 g/mol. The molecule has 0 saturated carbocycles. The number of imidazole rings is 1. The predicted molar refractivity (Wildman–Crippen MR) is 89.8 cm³/mol. The summed E-state index contributed by atoms with van der Waals surface area (Å²) in [5.74, 6) is 1.49. The third-order valence-electron chi connectivity index (χ3n) is 3.45. The first-order chi connectivity index (χ1) is 10.1. The first-order valence-corrected chi connectivity index (χ1v) is 8.47. The smallest absolute Gasteiger partial charge is 0.160 e. The van der Waals surface area contributed by atoms with E-state index in [1.54, 1.807) is 17.5 Å². The lowest BCUT2D eigenvalue weighted by Gasteiger charge is -2.15. The molecule has 21 heavy (non-hydrogen) atoms. The summed E-state index contributed by atoms with van der Waals surface area (Å²) in [4.78, 5) is 11.7. The van der Waals surface area contributed by atoms with E-state index >= 15 is 0 Å². The summed E-state index contributed by atoms with van der Waals surface area (Å²) in [6.45, 7) is 4.28. The minimum atomic E-state index is 0.181. The molecule has 0 aliphatic heterocycles. The zero-order valence-corrected chi connectivity index (χ0v) is 14.1. The lowest BCUT2D eigenvalue weighted by Crippen LogP contribution is -2.10. The quantitative estimate of drug-likeness (QED) is 0.636. The van der Waals surface area contributed by atoms with Gasteiger partial charge < -0.3 is 4.57 Å². The molecule has 3 rings (SSSR count). The lowest BCUT2D eigenvalue weighted by molar-refractivity contribution is 0.628. The van der Waals surface area contributed by atoms with E-state index in [2.05, 4.69) is 40.5 Å². The molecule has 0 radical (unpaired) electrons. The van der Waals surface area contributed by atoms with Crippen molar-refractivity contribution in [2.75, 3.05) is 5.88 Å². The fraction of sp³-hybridized carbons (Fsp3) is 0.333. The summed E-state index contributed by atoms with van der Waals surface area (Å²) in [7, 11) is 0. The van der Waals surface area contributed by atoms with Crippen molar-refractivity contribution in [2.45, 2.75) is 26.3 Å². The summed E-state index contributed by atoms with van der Waals surface area (Å²) in [5, 5.41) is 0.601. The molecule has 0 saturated heterocycles. The zero-order chi connectivity index (χ0) is 15.0. The molecule has 0 amide bonds. The highest BCUT2D eigenvalue weighted by Crippen LogP contribution is 2.30. The molecule has 0 spiro atoms. The van der Waals surface area contributed by atoms with Crippen LogP contribution in [0.2, 0.25) is 5.02 Å². The average Bonchev–Trinajstić information content (AvgIpc) is 3.01. The van der Waals surface area contributed by atoms with Crippen LogP contribution in [-0.4, -0.2) is 20.4 Å². The second-order valence-electron chi connectivity index (χ2n) is 4.96. The molecule has 110 valence electrons. The molecule has 6 heteroatoms. The van der Waals surface area contributed by atoms with Gasteiger partial charge in [0, 0.05) is 28.3 Å². The predicted octanol–water partition coefficient (Wildman–Crippen LogP) is 4.85. The van der Waals surface area contributed by atoms with Crippen molar-refractivity contribution in [3.05, 3.63) is 45.0 Å². The van der Waals surface area contributed by atoms with Gasteiger partial charge in [-0.2, -0.15) is 0 Å². The first-order valence-electron chi connectivity index (χ1n) is 6.75. The van der Waals surface area contributed by atoms with Gasteiger partial charge in [0.15, 0.2) is 5.65 Å². The van der Waals surface area contributed by atoms with E-state index in [1.807, 2.05) is 6.07 Å². The minimum absolute atomic E-state index is 0.181. The van der Waals surface area contributed by atoms with E-state index in [9.17, 15) is 0 Å². The fourth-order valence-corrected chi connectivity index (χ4v) is 3.72. The molecule has 0 bridgehead atoms. The second kappa shape index (κ2) is 5.95. The van der Waals surface area contributed by atoms with Crippen LogP contribution in [0.25, 0.3) is 11.2 Å². The van der Waals surface area contributed by atoms with Crippen molar-refractivity contribution >= 4 is 45.7 Å². The third-order valence-corrected chi connectivity index (χ3v) is 5.01. The molecule has 3 nitrogen and oxygen atoms in total. The van der Waals surface area contributed by atoms with Crippen molar-refractivity contribution in [3.8, 4) is 0 Å². The molecule has 3 aromatic rings. The van der Waals surface area contributed by atoms with Gasteiger partial charge in [-0.15, -0.1) is 22.9 Å². The van der Waals surface area contributed by atoms with Crippen LogP contribution in [0.4, 0.5) is 0 Å². The van der Waals surface area contributed by atoms with Gasteiger partial charge in [-0.25, -0.2) is 9.97 Å². The maximum atomic E-state index is 6.02. The van der Waals surface area contributed by atoms with Crippen LogP contribution in [-0.2, 0) is 6.42 Å². The molecule has 0 N–H and O–H groups in total.